The lowest BCUT2D eigenvalue weighted by Crippen LogP contribution is -2.10. The number of nitrogens with zero attached hydrogens (tertiary/aromatic N) is 2. The summed E-state index contributed by atoms with van der Waals surface area (Å²) in [6.45, 7) is 0. The number of thiophene rings is 1. The SMILES string of the molecule is NC(=O)c1csc(C(=O)Oc2cccc(-n3cccn3)c2)c1. The lowest BCUT2D eigenvalue weighted by Gasteiger charge is -2.05. The van der Waals surface area contributed by atoms with E-state index >= 15 is 0 Å². The minimum atomic E-state index is -0.573. The number of hydrogen-bond acceptors (Lipinski definition) is 5. The van der Waals surface area contributed by atoms with Crippen molar-refractivity contribution < 1.29 is 14.3 Å². The molecule has 0 unspecified atom stereocenters. The number of rotatable bonds is 4. The van der Waals surface area contributed by atoms with Crippen molar-refractivity contribution in [3.05, 3.63) is 64.6 Å². The molecule has 6 nitrogen and oxygen atoms in total. The van der Waals surface area contributed by atoms with Gasteiger partial charge in [0.25, 0.3) is 0 Å². The van der Waals surface area contributed by atoms with Crippen molar-refractivity contribution in [1.82, 2.24) is 9.78 Å². The summed E-state index contributed by atoms with van der Waals surface area (Å²) in [5, 5.41) is 5.64. The molecule has 2 N–H and O–H groups in total. The Labute approximate surface area is 129 Å². The molecule has 3 rings (SSSR count). The first-order chi connectivity index (χ1) is 10.6. The topological polar surface area (TPSA) is 87.2 Å². The Morgan fingerprint density at radius 2 is 2.09 bits per heavy atom. The third-order valence-corrected chi connectivity index (χ3v) is 3.79. The van der Waals surface area contributed by atoms with E-state index in [0.717, 1.165) is 17.0 Å². The van der Waals surface area contributed by atoms with Crippen LogP contribution in [0.5, 0.6) is 5.75 Å². The highest BCUT2D eigenvalue weighted by Crippen LogP contribution is 2.20. The molecule has 0 spiro atoms. The van der Waals surface area contributed by atoms with Gasteiger partial charge in [0.05, 0.1) is 11.3 Å². The Balaban J connectivity index is 1.79. The molecular weight excluding hydrogens is 302 g/mol. The van der Waals surface area contributed by atoms with Gasteiger partial charge in [0.15, 0.2) is 0 Å². The van der Waals surface area contributed by atoms with Gasteiger partial charge in [0.2, 0.25) is 5.91 Å². The maximum Gasteiger partial charge on any atom is 0.353 e. The number of nitrogens with two attached hydrogens (primary N) is 1. The number of hydrogen-bond donors (Lipinski definition) is 1. The summed E-state index contributed by atoms with van der Waals surface area (Å²) in [5.41, 5.74) is 6.23. The van der Waals surface area contributed by atoms with E-state index in [0.29, 0.717) is 16.2 Å². The predicted molar refractivity (Wildman–Crippen MR) is 81.4 cm³/mol. The molecule has 0 saturated carbocycles. The van der Waals surface area contributed by atoms with Gasteiger partial charge < -0.3 is 10.5 Å². The van der Waals surface area contributed by atoms with Crippen molar-refractivity contribution in [2.45, 2.75) is 0 Å². The zero-order valence-corrected chi connectivity index (χ0v) is 12.1. The fraction of sp³-hybridized carbons (Fsp3) is 0. The van der Waals surface area contributed by atoms with Gasteiger partial charge in [-0.1, -0.05) is 6.07 Å². The molecule has 0 saturated heterocycles. The standard InChI is InChI=1S/C15H11N3O3S/c16-14(19)10-7-13(22-9-10)15(20)21-12-4-1-3-11(8-12)18-6-2-5-17-18/h1-9H,(H2,16,19). The minimum Gasteiger partial charge on any atom is -0.422 e. The molecule has 0 bridgehead atoms. The maximum absolute atomic E-state index is 12.1. The van der Waals surface area contributed by atoms with Crippen LogP contribution in [0.2, 0.25) is 0 Å². The van der Waals surface area contributed by atoms with Crippen LogP contribution in [-0.2, 0) is 0 Å². The van der Waals surface area contributed by atoms with Crippen molar-refractivity contribution in [2.75, 3.05) is 0 Å². The van der Waals surface area contributed by atoms with Crippen molar-refractivity contribution in [2.24, 2.45) is 5.73 Å². The van der Waals surface area contributed by atoms with Crippen LogP contribution in [0.1, 0.15) is 20.0 Å². The van der Waals surface area contributed by atoms with Crippen molar-refractivity contribution in [3.63, 3.8) is 0 Å². The lowest BCUT2D eigenvalue weighted by atomic mass is 10.3. The zero-order valence-electron chi connectivity index (χ0n) is 11.3. The summed E-state index contributed by atoms with van der Waals surface area (Å²) in [4.78, 5) is 23.4. The maximum atomic E-state index is 12.1. The molecule has 0 radical (unpaired) electrons. The van der Waals surface area contributed by atoms with E-state index in [4.69, 9.17) is 10.5 Å². The lowest BCUT2D eigenvalue weighted by molar-refractivity contribution is 0.0740. The van der Waals surface area contributed by atoms with E-state index in [1.807, 2.05) is 6.07 Å². The largest absolute Gasteiger partial charge is 0.422 e. The quantitative estimate of drug-likeness (QED) is 0.591. The number of primary amides is 1. The van der Waals surface area contributed by atoms with E-state index in [2.05, 4.69) is 5.10 Å². The molecule has 0 aliphatic heterocycles. The third-order valence-electron chi connectivity index (χ3n) is 2.88. The predicted octanol–water partition coefficient (Wildman–Crippen LogP) is 2.25. The highest BCUT2D eigenvalue weighted by molar-refractivity contribution is 7.12. The molecule has 110 valence electrons. The Morgan fingerprint density at radius 1 is 1.23 bits per heavy atom. The van der Waals surface area contributed by atoms with Crippen LogP contribution in [-0.4, -0.2) is 21.7 Å². The summed E-state index contributed by atoms with van der Waals surface area (Å²) in [7, 11) is 0. The second kappa shape index (κ2) is 5.82. The Kier molecular flexibility index (Phi) is 3.71. The molecule has 1 aromatic carbocycles. The smallest absolute Gasteiger partial charge is 0.353 e. The normalized spacial score (nSPS) is 10.4. The number of carbonyl (C=O) groups is 2. The van der Waals surface area contributed by atoms with Gasteiger partial charge in [-0.15, -0.1) is 11.3 Å². The highest BCUT2D eigenvalue weighted by Gasteiger charge is 2.14. The van der Waals surface area contributed by atoms with Crippen LogP contribution in [0.4, 0.5) is 0 Å². The van der Waals surface area contributed by atoms with Gasteiger partial charge in [-0.25, -0.2) is 9.48 Å². The molecule has 7 heteroatoms. The molecule has 2 aromatic heterocycles. The van der Waals surface area contributed by atoms with E-state index in [9.17, 15) is 9.59 Å². The number of esters is 1. The summed E-state index contributed by atoms with van der Waals surface area (Å²) in [6, 6.07) is 10.2. The first-order valence-corrected chi connectivity index (χ1v) is 7.22. The number of ether oxygens (including phenoxy) is 1. The number of amides is 1. The zero-order chi connectivity index (χ0) is 15.5. The summed E-state index contributed by atoms with van der Waals surface area (Å²) in [5.74, 6) is -0.710. The van der Waals surface area contributed by atoms with Gasteiger partial charge in [0, 0.05) is 23.8 Å². The molecule has 1 amide bonds. The van der Waals surface area contributed by atoms with Crippen LogP contribution < -0.4 is 10.5 Å². The Hall–Kier alpha value is -2.93. The molecule has 0 aliphatic carbocycles. The van der Waals surface area contributed by atoms with Crippen LogP contribution in [0.15, 0.2) is 54.2 Å². The van der Waals surface area contributed by atoms with Crippen LogP contribution in [0, 0.1) is 0 Å². The van der Waals surface area contributed by atoms with Crippen molar-refractivity contribution >= 4 is 23.2 Å². The van der Waals surface area contributed by atoms with E-state index < -0.39 is 11.9 Å². The molecule has 0 atom stereocenters. The number of benzene rings is 1. The van der Waals surface area contributed by atoms with Gasteiger partial charge in [0.1, 0.15) is 10.6 Å². The monoisotopic (exact) mass is 313 g/mol. The third kappa shape index (κ3) is 2.89. The average molecular weight is 313 g/mol. The van der Waals surface area contributed by atoms with Gasteiger partial charge in [-0.3, -0.25) is 4.79 Å². The second-order valence-electron chi connectivity index (χ2n) is 4.40. The Bertz CT molecular complexity index is 824. The summed E-state index contributed by atoms with van der Waals surface area (Å²) < 4.78 is 6.97. The van der Waals surface area contributed by atoms with Crippen molar-refractivity contribution in [1.29, 1.82) is 0 Å². The number of aromatic nitrogens is 2. The minimum absolute atomic E-state index is 0.294. The molecular formula is C15H11N3O3S. The van der Waals surface area contributed by atoms with E-state index in [1.165, 1.54) is 11.4 Å². The molecule has 0 aliphatic rings. The fourth-order valence-corrected chi connectivity index (χ4v) is 2.61. The fourth-order valence-electron chi connectivity index (χ4n) is 1.84. The molecule has 3 aromatic rings. The van der Waals surface area contributed by atoms with Gasteiger partial charge in [-0.05, 0) is 24.3 Å². The highest BCUT2D eigenvalue weighted by atomic mass is 32.1. The van der Waals surface area contributed by atoms with Crippen molar-refractivity contribution in [3.8, 4) is 11.4 Å². The summed E-state index contributed by atoms with van der Waals surface area (Å²) in [6.07, 6.45) is 3.45. The first kappa shape index (κ1) is 14.0. The molecule has 22 heavy (non-hydrogen) atoms. The van der Waals surface area contributed by atoms with Crippen LogP contribution in [0.3, 0.4) is 0 Å². The summed E-state index contributed by atoms with van der Waals surface area (Å²) >= 11 is 1.11. The molecule has 2 heterocycles. The first-order valence-electron chi connectivity index (χ1n) is 6.34. The van der Waals surface area contributed by atoms with Crippen LogP contribution in [0.25, 0.3) is 5.69 Å². The molecule has 0 fully saturated rings. The Morgan fingerprint density at radius 3 is 2.77 bits per heavy atom. The van der Waals surface area contributed by atoms with Gasteiger partial charge in [-0.2, -0.15) is 5.10 Å². The van der Waals surface area contributed by atoms with E-state index in [-0.39, 0.29) is 0 Å². The van der Waals surface area contributed by atoms with E-state index in [1.54, 1.807) is 41.3 Å². The second-order valence-corrected chi connectivity index (χ2v) is 5.31. The average Bonchev–Trinajstić information content (AvgIpc) is 3.19. The van der Waals surface area contributed by atoms with Gasteiger partial charge >= 0.3 is 5.97 Å². The number of carbonyl (C=O) groups excluding carboxylic acids is 2. The van der Waals surface area contributed by atoms with Crippen LogP contribution >= 0.6 is 11.3 Å².